The van der Waals surface area contributed by atoms with Gasteiger partial charge in [0, 0.05) is 30.6 Å². The highest BCUT2D eigenvalue weighted by Gasteiger charge is 2.17. The normalized spacial score (nSPS) is 12.2. The molecule has 1 amide bonds. The lowest BCUT2D eigenvalue weighted by atomic mass is 10.1. The molecule has 25 heavy (non-hydrogen) atoms. The Kier molecular flexibility index (Phi) is 6.95. The number of ether oxygens (including phenoxy) is 1. The first kappa shape index (κ1) is 18.9. The van der Waals surface area contributed by atoms with Gasteiger partial charge in [0.2, 0.25) is 5.91 Å². The Morgan fingerprint density at radius 1 is 1.16 bits per heavy atom. The molecule has 0 saturated carbocycles. The van der Waals surface area contributed by atoms with E-state index in [-0.39, 0.29) is 17.8 Å². The summed E-state index contributed by atoms with van der Waals surface area (Å²) < 4.78 is 4.76. The number of amides is 1. The number of carbonyl (C=O) groups excluding carboxylic acids is 2. The monoisotopic (exact) mass is 342 g/mol. The third-order valence-corrected chi connectivity index (χ3v) is 4.30. The summed E-state index contributed by atoms with van der Waals surface area (Å²) in [5.74, 6) is -0.453. The van der Waals surface area contributed by atoms with Crippen molar-refractivity contribution in [3.05, 3.63) is 42.5 Å². The fraction of sp³-hybridized carbons (Fsp3) is 0.400. The number of hydrogen-bond acceptors (Lipinski definition) is 4. The lowest BCUT2D eigenvalue weighted by Gasteiger charge is -2.22. The summed E-state index contributed by atoms with van der Waals surface area (Å²) in [4.78, 5) is 25.9. The van der Waals surface area contributed by atoms with Crippen LogP contribution in [0.3, 0.4) is 0 Å². The lowest BCUT2D eigenvalue weighted by molar-refractivity contribution is -0.145. The number of hydrogen-bond donors (Lipinski definition) is 1. The molecule has 0 fully saturated rings. The van der Waals surface area contributed by atoms with E-state index in [0.717, 1.165) is 23.0 Å². The second kappa shape index (κ2) is 9.18. The Morgan fingerprint density at radius 2 is 1.88 bits per heavy atom. The summed E-state index contributed by atoms with van der Waals surface area (Å²) in [7, 11) is 1.40. The highest BCUT2D eigenvalue weighted by molar-refractivity contribution is 6.02. The summed E-state index contributed by atoms with van der Waals surface area (Å²) in [5, 5.41) is 5.13. The highest BCUT2D eigenvalue weighted by atomic mass is 16.5. The average Bonchev–Trinajstić information content (AvgIpc) is 2.64. The minimum atomic E-state index is -0.223. The first-order valence-electron chi connectivity index (χ1n) is 8.63. The van der Waals surface area contributed by atoms with E-state index in [2.05, 4.69) is 10.2 Å². The number of esters is 1. The van der Waals surface area contributed by atoms with E-state index in [9.17, 15) is 9.59 Å². The van der Waals surface area contributed by atoms with Gasteiger partial charge in [0.25, 0.3) is 0 Å². The van der Waals surface area contributed by atoms with Gasteiger partial charge in [-0.3, -0.25) is 9.59 Å². The summed E-state index contributed by atoms with van der Waals surface area (Å²) in [5.41, 5.74) is 0.828. The maximum absolute atomic E-state index is 12.3. The molecule has 1 unspecified atom stereocenters. The Labute approximate surface area is 149 Å². The number of benzene rings is 2. The van der Waals surface area contributed by atoms with Crippen molar-refractivity contribution in [2.45, 2.75) is 20.3 Å². The van der Waals surface area contributed by atoms with Crippen LogP contribution in [0.15, 0.2) is 42.5 Å². The minimum Gasteiger partial charge on any atom is -0.469 e. The molecule has 134 valence electrons. The topological polar surface area (TPSA) is 58.6 Å². The molecular weight excluding hydrogens is 316 g/mol. The Hall–Kier alpha value is -2.40. The van der Waals surface area contributed by atoms with Gasteiger partial charge in [-0.05, 0) is 18.0 Å². The van der Waals surface area contributed by atoms with E-state index in [4.69, 9.17) is 4.74 Å². The lowest BCUT2D eigenvalue weighted by Crippen LogP contribution is -2.34. The molecular formula is C20H26N2O3. The van der Waals surface area contributed by atoms with Crippen LogP contribution < -0.4 is 5.32 Å². The van der Waals surface area contributed by atoms with Crippen molar-refractivity contribution in [3.63, 3.8) is 0 Å². The SMILES string of the molecule is CCN(CCC(=O)Nc1cccc2ccccc12)CC(C)C(=O)OC. The highest BCUT2D eigenvalue weighted by Crippen LogP contribution is 2.23. The van der Waals surface area contributed by atoms with Gasteiger partial charge >= 0.3 is 5.97 Å². The van der Waals surface area contributed by atoms with Crippen molar-refractivity contribution in [2.75, 3.05) is 32.1 Å². The number of nitrogens with zero attached hydrogens (tertiary/aromatic N) is 1. The number of methoxy groups -OCH3 is 1. The van der Waals surface area contributed by atoms with Crippen LogP contribution in [0.4, 0.5) is 5.69 Å². The first-order chi connectivity index (χ1) is 12.0. The van der Waals surface area contributed by atoms with Gasteiger partial charge in [-0.2, -0.15) is 0 Å². The second-order valence-corrected chi connectivity index (χ2v) is 6.14. The van der Waals surface area contributed by atoms with E-state index < -0.39 is 0 Å². The zero-order valence-corrected chi connectivity index (χ0v) is 15.1. The number of nitrogens with one attached hydrogen (secondary N) is 1. The molecule has 1 atom stereocenters. The molecule has 0 spiro atoms. The summed E-state index contributed by atoms with van der Waals surface area (Å²) >= 11 is 0. The Bertz CT molecular complexity index is 724. The zero-order chi connectivity index (χ0) is 18.2. The fourth-order valence-electron chi connectivity index (χ4n) is 2.85. The Morgan fingerprint density at radius 3 is 2.60 bits per heavy atom. The van der Waals surface area contributed by atoms with E-state index in [1.807, 2.05) is 56.3 Å². The van der Waals surface area contributed by atoms with Crippen LogP contribution in [0.2, 0.25) is 0 Å². The molecule has 0 aliphatic rings. The molecule has 0 aliphatic heterocycles. The fourth-order valence-corrected chi connectivity index (χ4v) is 2.85. The van der Waals surface area contributed by atoms with E-state index in [0.29, 0.717) is 19.5 Å². The summed E-state index contributed by atoms with van der Waals surface area (Å²) in [6.45, 7) is 5.83. The predicted molar refractivity (Wildman–Crippen MR) is 100 cm³/mol. The van der Waals surface area contributed by atoms with Gasteiger partial charge in [0.15, 0.2) is 0 Å². The van der Waals surface area contributed by atoms with Crippen LogP contribution in [0, 0.1) is 5.92 Å². The number of fused-ring (bicyclic) bond motifs is 1. The molecule has 2 aromatic rings. The van der Waals surface area contributed by atoms with Crippen molar-refractivity contribution in [1.82, 2.24) is 4.90 Å². The molecule has 5 nitrogen and oxygen atoms in total. The van der Waals surface area contributed by atoms with Gasteiger partial charge in [-0.1, -0.05) is 50.2 Å². The molecule has 2 rings (SSSR count). The third kappa shape index (κ3) is 5.29. The third-order valence-electron chi connectivity index (χ3n) is 4.30. The van der Waals surface area contributed by atoms with Crippen molar-refractivity contribution >= 4 is 28.3 Å². The van der Waals surface area contributed by atoms with Crippen molar-refractivity contribution in [2.24, 2.45) is 5.92 Å². The van der Waals surface area contributed by atoms with E-state index >= 15 is 0 Å². The molecule has 0 bridgehead atoms. The zero-order valence-electron chi connectivity index (χ0n) is 15.1. The van der Waals surface area contributed by atoms with Crippen molar-refractivity contribution in [3.8, 4) is 0 Å². The molecule has 1 N–H and O–H groups in total. The molecule has 0 radical (unpaired) electrons. The van der Waals surface area contributed by atoms with Crippen LogP contribution in [-0.4, -0.2) is 43.5 Å². The van der Waals surface area contributed by atoms with Crippen molar-refractivity contribution in [1.29, 1.82) is 0 Å². The average molecular weight is 342 g/mol. The van der Waals surface area contributed by atoms with Crippen LogP contribution in [0.5, 0.6) is 0 Å². The Balaban J connectivity index is 1.92. The van der Waals surface area contributed by atoms with E-state index in [1.165, 1.54) is 7.11 Å². The van der Waals surface area contributed by atoms with Gasteiger partial charge in [-0.25, -0.2) is 0 Å². The number of carbonyl (C=O) groups is 2. The molecule has 0 saturated heterocycles. The molecule has 2 aromatic carbocycles. The standard InChI is InChI=1S/C20H26N2O3/c1-4-22(14-15(2)20(24)25-3)13-12-19(23)21-18-11-7-9-16-8-5-6-10-17(16)18/h5-11,15H,4,12-14H2,1-3H3,(H,21,23). The van der Waals surface area contributed by atoms with Crippen LogP contribution in [0.1, 0.15) is 20.3 Å². The smallest absolute Gasteiger partial charge is 0.309 e. The maximum Gasteiger partial charge on any atom is 0.309 e. The van der Waals surface area contributed by atoms with Gasteiger partial charge in [-0.15, -0.1) is 0 Å². The quantitative estimate of drug-likeness (QED) is 0.748. The van der Waals surface area contributed by atoms with Crippen LogP contribution >= 0.6 is 0 Å². The van der Waals surface area contributed by atoms with Gasteiger partial charge in [0.1, 0.15) is 0 Å². The van der Waals surface area contributed by atoms with Crippen LogP contribution in [-0.2, 0) is 14.3 Å². The first-order valence-corrected chi connectivity index (χ1v) is 8.63. The van der Waals surface area contributed by atoms with Gasteiger partial charge in [0.05, 0.1) is 13.0 Å². The number of rotatable bonds is 8. The molecule has 5 heteroatoms. The van der Waals surface area contributed by atoms with Crippen LogP contribution in [0.25, 0.3) is 10.8 Å². The molecule has 0 aliphatic carbocycles. The summed E-state index contributed by atoms with van der Waals surface area (Å²) in [6.07, 6.45) is 0.380. The maximum atomic E-state index is 12.3. The number of anilines is 1. The second-order valence-electron chi connectivity index (χ2n) is 6.14. The summed E-state index contributed by atoms with van der Waals surface area (Å²) in [6, 6.07) is 13.9. The molecule has 0 heterocycles. The van der Waals surface area contributed by atoms with Crippen molar-refractivity contribution < 1.29 is 14.3 Å². The minimum absolute atomic E-state index is 0.0273. The predicted octanol–water partition coefficient (Wildman–Crippen LogP) is 3.30. The van der Waals surface area contributed by atoms with E-state index in [1.54, 1.807) is 0 Å². The molecule has 0 aromatic heterocycles. The van der Waals surface area contributed by atoms with Gasteiger partial charge < -0.3 is 15.0 Å². The largest absolute Gasteiger partial charge is 0.469 e.